The second-order valence-electron chi connectivity index (χ2n) is 4.21. The molecule has 1 atom stereocenters. The molecule has 0 bridgehead atoms. The molecule has 0 amide bonds. The van der Waals surface area contributed by atoms with Crippen molar-refractivity contribution in [3.05, 3.63) is 41.5 Å². The molecule has 0 N–H and O–H groups in total. The maximum atomic E-state index is 12.4. The van der Waals surface area contributed by atoms with Crippen molar-refractivity contribution >= 4 is 22.4 Å². The number of ether oxygens (including phenoxy) is 1. The van der Waals surface area contributed by atoms with Gasteiger partial charge in [-0.2, -0.15) is 0 Å². The van der Waals surface area contributed by atoms with Crippen molar-refractivity contribution < 1.29 is 9.53 Å². The molecule has 3 rings (SSSR count). The summed E-state index contributed by atoms with van der Waals surface area (Å²) in [6, 6.07) is 7.43. The van der Waals surface area contributed by atoms with Gasteiger partial charge in [-0.3, -0.25) is 4.79 Å². The minimum absolute atomic E-state index is 0.0463. The van der Waals surface area contributed by atoms with Crippen molar-refractivity contribution in [2.24, 2.45) is 0 Å². The van der Waals surface area contributed by atoms with Crippen LogP contribution in [0.5, 0.6) is 0 Å². The van der Waals surface area contributed by atoms with Gasteiger partial charge in [-0.05, 0) is 18.9 Å². The average Bonchev–Trinajstić information content (AvgIpc) is 2.76. The molecule has 1 heterocycles. The number of halogens is 1. The van der Waals surface area contributed by atoms with E-state index in [0.717, 1.165) is 18.4 Å². The van der Waals surface area contributed by atoms with Gasteiger partial charge in [-0.15, -0.1) is 0 Å². The Hall–Kier alpha value is -1.12. The third-order valence-corrected chi connectivity index (χ3v) is 3.54. The summed E-state index contributed by atoms with van der Waals surface area (Å²) in [5.41, 5.74) is 0.706. The van der Waals surface area contributed by atoms with E-state index in [1.54, 1.807) is 6.08 Å². The second kappa shape index (κ2) is 3.44. The van der Waals surface area contributed by atoms with Crippen LogP contribution >= 0.6 is 11.6 Å². The summed E-state index contributed by atoms with van der Waals surface area (Å²) in [6.45, 7) is 0.634. The minimum Gasteiger partial charge on any atom is -0.363 e. The number of fused-ring (bicyclic) bond motifs is 1. The molecule has 0 saturated carbocycles. The van der Waals surface area contributed by atoms with Gasteiger partial charge in [0.1, 0.15) is 0 Å². The highest BCUT2D eigenvalue weighted by molar-refractivity contribution is 6.50. The smallest absolute Gasteiger partial charge is 0.199 e. The van der Waals surface area contributed by atoms with Crippen LogP contribution in [0, 0.1) is 0 Å². The first-order valence-corrected chi connectivity index (χ1v) is 5.77. The predicted molar refractivity (Wildman–Crippen MR) is 62.5 cm³/mol. The van der Waals surface area contributed by atoms with E-state index >= 15 is 0 Å². The van der Waals surface area contributed by atoms with Crippen LogP contribution in [0.15, 0.2) is 30.3 Å². The van der Waals surface area contributed by atoms with Crippen molar-refractivity contribution in [3.63, 3.8) is 0 Å². The van der Waals surface area contributed by atoms with Crippen molar-refractivity contribution in [2.75, 3.05) is 6.61 Å². The summed E-state index contributed by atoms with van der Waals surface area (Å²) in [7, 11) is 0. The van der Waals surface area contributed by atoms with Crippen molar-refractivity contribution in [1.82, 2.24) is 0 Å². The molecule has 3 heteroatoms. The molecule has 2 aliphatic rings. The summed E-state index contributed by atoms with van der Waals surface area (Å²) in [5.74, 6) is 0.0463. The lowest BCUT2D eigenvalue weighted by Gasteiger charge is -2.28. The first-order valence-electron chi connectivity index (χ1n) is 5.39. The van der Waals surface area contributed by atoms with Gasteiger partial charge in [0.15, 0.2) is 11.4 Å². The molecule has 1 spiro atoms. The van der Waals surface area contributed by atoms with Gasteiger partial charge < -0.3 is 4.74 Å². The first-order chi connectivity index (χ1) is 7.73. The van der Waals surface area contributed by atoms with Crippen molar-refractivity contribution in [3.8, 4) is 0 Å². The lowest BCUT2D eigenvalue weighted by Crippen LogP contribution is -2.38. The summed E-state index contributed by atoms with van der Waals surface area (Å²) in [4.78, 5) is 12.4. The average molecular weight is 235 g/mol. The maximum absolute atomic E-state index is 12.4. The van der Waals surface area contributed by atoms with E-state index in [2.05, 4.69) is 0 Å². The number of rotatable bonds is 0. The van der Waals surface area contributed by atoms with Crippen molar-refractivity contribution in [2.45, 2.75) is 18.4 Å². The zero-order valence-electron chi connectivity index (χ0n) is 8.70. The second-order valence-corrected chi connectivity index (χ2v) is 4.62. The van der Waals surface area contributed by atoms with E-state index in [4.69, 9.17) is 16.3 Å². The van der Waals surface area contributed by atoms with E-state index in [9.17, 15) is 4.79 Å². The quantitative estimate of drug-likeness (QED) is 0.690. The van der Waals surface area contributed by atoms with E-state index in [0.29, 0.717) is 17.2 Å². The van der Waals surface area contributed by atoms with Crippen LogP contribution < -0.4 is 0 Å². The van der Waals surface area contributed by atoms with E-state index in [-0.39, 0.29) is 5.78 Å². The number of benzene rings is 1. The Kier molecular flexibility index (Phi) is 2.16. The third kappa shape index (κ3) is 1.27. The fourth-order valence-corrected chi connectivity index (χ4v) is 2.76. The normalized spacial score (nSPS) is 28.1. The highest BCUT2D eigenvalue weighted by Crippen LogP contribution is 2.40. The highest BCUT2D eigenvalue weighted by Gasteiger charge is 2.44. The topological polar surface area (TPSA) is 26.3 Å². The lowest BCUT2D eigenvalue weighted by atomic mass is 9.83. The van der Waals surface area contributed by atoms with Crippen molar-refractivity contribution in [1.29, 1.82) is 0 Å². The molecule has 1 aliphatic heterocycles. The highest BCUT2D eigenvalue weighted by atomic mass is 35.5. The Morgan fingerprint density at radius 3 is 2.69 bits per heavy atom. The van der Waals surface area contributed by atoms with Crippen LogP contribution in [0.25, 0.3) is 5.03 Å². The monoisotopic (exact) mass is 234 g/mol. The van der Waals surface area contributed by atoms with Crippen LogP contribution in [0.4, 0.5) is 0 Å². The van der Waals surface area contributed by atoms with E-state index in [1.165, 1.54) is 0 Å². The molecule has 1 saturated heterocycles. The zero-order valence-corrected chi connectivity index (χ0v) is 9.46. The Morgan fingerprint density at radius 1 is 1.25 bits per heavy atom. The van der Waals surface area contributed by atoms with Gasteiger partial charge in [0.2, 0.25) is 0 Å². The maximum Gasteiger partial charge on any atom is 0.199 e. The van der Waals surface area contributed by atoms with Gasteiger partial charge >= 0.3 is 0 Å². The zero-order chi connectivity index (χ0) is 11.2. The number of ketones is 1. The Bertz CT molecular complexity index is 484. The van der Waals surface area contributed by atoms with Crippen LogP contribution in [0.1, 0.15) is 28.8 Å². The summed E-state index contributed by atoms with van der Waals surface area (Å²) in [6.07, 6.45) is 3.41. The number of Topliss-reactive ketones (excluding diaryl/α,β-unsaturated/α-hetero) is 1. The fraction of sp³-hybridized carbons (Fsp3) is 0.308. The first kappa shape index (κ1) is 10.1. The molecule has 0 radical (unpaired) electrons. The van der Waals surface area contributed by atoms with Crippen LogP contribution in [-0.4, -0.2) is 18.0 Å². The largest absolute Gasteiger partial charge is 0.363 e. The van der Waals surface area contributed by atoms with Gasteiger partial charge in [0.25, 0.3) is 0 Å². The molecule has 1 aromatic rings. The number of carbonyl (C=O) groups excluding carboxylic acids is 1. The van der Waals surface area contributed by atoms with E-state index in [1.807, 2.05) is 24.3 Å². The van der Waals surface area contributed by atoms with E-state index < -0.39 is 5.60 Å². The molecule has 82 valence electrons. The summed E-state index contributed by atoms with van der Waals surface area (Å²) < 4.78 is 5.61. The Labute approximate surface area is 98.9 Å². The third-order valence-electron chi connectivity index (χ3n) is 3.23. The molecule has 0 aromatic heterocycles. The Balaban J connectivity index is 2.19. The number of carbonyl (C=O) groups is 1. The van der Waals surface area contributed by atoms with Crippen LogP contribution in [0.3, 0.4) is 0 Å². The fourth-order valence-electron chi connectivity index (χ4n) is 2.42. The molecule has 1 aliphatic carbocycles. The summed E-state index contributed by atoms with van der Waals surface area (Å²) in [5, 5.41) is 0.622. The number of hydrogen-bond acceptors (Lipinski definition) is 2. The standard InChI is InChI=1S/C13H11ClO2/c14-11-8-13(6-3-7-16-13)12(15)10-5-2-1-4-9(10)11/h1-2,4-5,8H,3,6-7H2/t13-/m1/s1. The molecule has 0 unspecified atom stereocenters. The SMILES string of the molecule is O=C1c2ccccc2C(Cl)=C[C@]12CCCO2. The molecular formula is C13H11ClO2. The molecule has 1 fully saturated rings. The lowest BCUT2D eigenvalue weighted by molar-refractivity contribution is 0.0352. The van der Waals surface area contributed by atoms with Gasteiger partial charge in [0.05, 0.1) is 0 Å². The predicted octanol–water partition coefficient (Wildman–Crippen LogP) is 3.01. The molecular weight excluding hydrogens is 224 g/mol. The molecule has 16 heavy (non-hydrogen) atoms. The Morgan fingerprint density at radius 2 is 2.00 bits per heavy atom. The van der Waals surface area contributed by atoms with Gasteiger partial charge in [0, 0.05) is 22.8 Å². The number of hydrogen-bond donors (Lipinski definition) is 0. The summed E-state index contributed by atoms with van der Waals surface area (Å²) >= 11 is 6.21. The van der Waals surface area contributed by atoms with Crippen LogP contribution in [0.2, 0.25) is 0 Å². The van der Waals surface area contributed by atoms with Crippen LogP contribution in [-0.2, 0) is 4.74 Å². The molecule has 1 aromatic carbocycles. The molecule has 2 nitrogen and oxygen atoms in total. The minimum atomic E-state index is -0.786. The van der Waals surface area contributed by atoms with Gasteiger partial charge in [-0.25, -0.2) is 0 Å². The van der Waals surface area contributed by atoms with Gasteiger partial charge in [-0.1, -0.05) is 35.9 Å².